The summed E-state index contributed by atoms with van der Waals surface area (Å²) in [5.74, 6) is -0.509. The van der Waals surface area contributed by atoms with E-state index in [4.69, 9.17) is 9.47 Å². The molecule has 21 heavy (non-hydrogen) atoms. The number of nitrogens with one attached hydrogen (secondary N) is 1. The maximum absolute atomic E-state index is 13.5. The highest BCUT2D eigenvalue weighted by Crippen LogP contribution is 2.14. The number of anilines is 1. The van der Waals surface area contributed by atoms with E-state index in [1.165, 1.54) is 0 Å². The van der Waals surface area contributed by atoms with Crippen molar-refractivity contribution in [2.75, 3.05) is 18.7 Å². The first kappa shape index (κ1) is 15.2. The molecule has 1 N–H and O–H groups in total. The van der Waals surface area contributed by atoms with E-state index < -0.39 is 5.82 Å². The van der Waals surface area contributed by atoms with Gasteiger partial charge in [-0.3, -0.25) is 4.68 Å². The molecule has 0 bridgehead atoms. The monoisotopic (exact) mass is 295 g/mol. The standard InChI is InChI=1S/C13H18FN5O2/c1-3-19-6-5-10(18-19)8-21-13-15-7-11(14)12(17-13)16-9-20-4-2/h5-7H,3-4,8-9H2,1-2H3,(H,15,16,17). The Kier molecular flexibility index (Phi) is 5.44. The second-order valence-electron chi connectivity index (χ2n) is 4.11. The van der Waals surface area contributed by atoms with E-state index >= 15 is 0 Å². The molecule has 0 atom stereocenters. The van der Waals surface area contributed by atoms with Crippen molar-refractivity contribution >= 4 is 5.82 Å². The highest BCUT2D eigenvalue weighted by atomic mass is 19.1. The van der Waals surface area contributed by atoms with Gasteiger partial charge in [0.2, 0.25) is 0 Å². The van der Waals surface area contributed by atoms with Crippen LogP contribution in [0, 0.1) is 5.82 Å². The van der Waals surface area contributed by atoms with Crippen LogP contribution in [0.4, 0.5) is 10.2 Å². The molecule has 0 spiro atoms. The quantitative estimate of drug-likeness (QED) is 0.591. The molecule has 2 heterocycles. The van der Waals surface area contributed by atoms with Gasteiger partial charge in [-0.1, -0.05) is 0 Å². The predicted octanol–water partition coefficient (Wildman–Crippen LogP) is 1.82. The summed E-state index contributed by atoms with van der Waals surface area (Å²) in [6.45, 7) is 5.56. The first-order valence-electron chi connectivity index (χ1n) is 6.72. The molecule has 0 unspecified atom stereocenters. The minimum atomic E-state index is -0.558. The minimum absolute atomic E-state index is 0.0486. The van der Waals surface area contributed by atoms with Crippen LogP contribution in [0.3, 0.4) is 0 Å². The van der Waals surface area contributed by atoms with Crippen molar-refractivity contribution in [3.05, 3.63) is 30.0 Å². The van der Waals surface area contributed by atoms with E-state index in [0.29, 0.717) is 6.61 Å². The molecule has 0 saturated carbocycles. The predicted molar refractivity (Wildman–Crippen MR) is 74.3 cm³/mol. The van der Waals surface area contributed by atoms with Crippen LogP contribution in [0.15, 0.2) is 18.5 Å². The van der Waals surface area contributed by atoms with Crippen molar-refractivity contribution in [3.63, 3.8) is 0 Å². The van der Waals surface area contributed by atoms with E-state index in [1.54, 1.807) is 4.68 Å². The van der Waals surface area contributed by atoms with E-state index in [0.717, 1.165) is 18.4 Å². The number of rotatable bonds is 8. The molecule has 2 aromatic rings. The Morgan fingerprint density at radius 3 is 2.95 bits per heavy atom. The van der Waals surface area contributed by atoms with Crippen LogP contribution in [0.5, 0.6) is 6.01 Å². The molecular formula is C13H18FN5O2. The molecule has 114 valence electrons. The normalized spacial score (nSPS) is 10.6. The molecule has 0 amide bonds. The second kappa shape index (κ2) is 7.53. The number of aromatic nitrogens is 4. The first-order chi connectivity index (χ1) is 10.2. The van der Waals surface area contributed by atoms with Gasteiger partial charge in [-0.15, -0.1) is 0 Å². The van der Waals surface area contributed by atoms with Crippen molar-refractivity contribution in [1.82, 2.24) is 19.7 Å². The average Bonchev–Trinajstić information content (AvgIpc) is 2.96. The van der Waals surface area contributed by atoms with E-state index in [2.05, 4.69) is 20.4 Å². The number of halogens is 1. The molecule has 2 rings (SSSR count). The Labute approximate surface area is 122 Å². The van der Waals surface area contributed by atoms with E-state index in [1.807, 2.05) is 26.1 Å². The van der Waals surface area contributed by atoms with Crippen molar-refractivity contribution in [2.24, 2.45) is 0 Å². The summed E-state index contributed by atoms with van der Waals surface area (Å²) in [5.41, 5.74) is 0.758. The second-order valence-corrected chi connectivity index (χ2v) is 4.11. The van der Waals surface area contributed by atoms with Crippen LogP contribution in [-0.4, -0.2) is 33.1 Å². The molecule has 8 heteroatoms. The Hall–Kier alpha value is -2.22. The van der Waals surface area contributed by atoms with Crippen molar-refractivity contribution < 1.29 is 13.9 Å². The summed E-state index contributed by atoms with van der Waals surface area (Å²) >= 11 is 0. The Morgan fingerprint density at radius 2 is 2.24 bits per heavy atom. The van der Waals surface area contributed by atoms with Gasteiger partial charge in [0.05, 0.1) is 11.9 Å². The molecule has 2 aromatic heterocycles. The topological polar surface area (TPSA) is 74.1 Å². The fraction of sp³-hybridized carbons (Fsp3) is 0.462. The van der Waals surface area contributed by atoms with E-state index in [-0.39, 0.29) is 25.2 Å². The van der Waals surface area contributed by atoms with Gasteiger partial charge in [0.15, 0.2) is 11.6 Å². The zero-order chi connectivity index (χ0) is 15.1. The van der Waals surface area contributed by atoms with Gasteiger partial charge in [-0.25, -0.2) is 9.37 Å². The molecule has 0 aliphatic carbocycles. The molecule has 0 aliphatic rings. The number of nitrogens with zero attached hydrogens (tertiary/aromatic N) is 4. The van der Waals surface area contributed by atoms with Gasteiger partial charge in [-0.05, 0) is 19.9 Å². The summed E-state index contributed by atoms with van der Waals surface area (Å²) in [6, 6.07) is 1.93. The Bertz CT molecular complexity index is 575. The van der Waals surface area contributed by atoms with Gasteiger partial charge in [-0.2, -0.15) is 10.1 Å². The highest BCUT2D eigenvalue weighted by Gasteiger charge is 2.08. The van der Waals surface area contributed by atoms with Gasteiger partial charge in [0.1, 0.15) is 13.3 Å². The van der Waals surface area contributed by atoms with Crippen LogP contribution >= 0.6 is 0 Å². The zero-order valence-electron chi connectivity index (χ0n) is 12.0. The van der Waals surface area contributed by atoms with Gasteiger partial charge >= 0.3 is 6.01 Å². The van der Waals surface area contributed by atoms with E-state index in [9.17, 15) is 4.39 Å². The molecule has 0 fully saturated rings. The van der Waals surface area contributed by atoms with Crippen molar-refractivity contribution in [2.45, 2.75) is 27.0 Å². The average molecular weight is 295 g/mol. The van der Waals surface area contributed by atoms with Crippen LogP contribution in [0.25, 0.3) is 0 Å². The smallest absolute Gasteiger partial charge is 0.318 e. The third-order valence-electron chi connectivity index (χ3n) is 2.64. The molecule has 0 saturated heterocycles. The maximum Gasteiger partial charge on any atom is 0.318 e. The van der Waals surface area contributed by atoms with Gasteiger partial charge < -0.3 is 14.8 Å². The molecule has 0 radical (unpaired) electrons. The largest absolute Gasteiger partial charge is 0.457 e. The summed E-state index contributed by atoms with van der Waals surface area (Å²) in [6.07, 6.45) is 2.92. The summed E-state index contributed by atoms with van der Waals surface area (Å²) < 4.78 is 25.8. The maximum atomic E-state index is 13.5. The number of hydrogen-bond acceptors (Lipinski definition) is 6. The number of hydrogen-bond donors (Lipinski definition) is 1. The SMILES string of the molecule is CCOCNc1nc(OCc2ccn(CC)n2)ncc1F. The summed E-state index contributed by atoms with van der Waals surface area (Å²) in [4.78, 5) is 7.74. The fourth-order valence-electron chi connectivity index (χ4n) is 1.56. The molecular weight excluding hydrogens is 277 g/mol. The van der Waals surface area contributed by atoms with Crippen molar-refractivity contribution in [1.29, 1.82) is 0 Å². The Balaban J connectivity index is 1.94. The van der Waals surface area contributed by atoms with Crippen LogP contribution in [0.1, 0.15) is 19.5 Å². The highest BCUT2D eigenvalue weighted by molar-refractivity contribution is 5.35. The number of aryl methyl sites for hydroxylation is 1. The lowest BCUT2D eigenvalue weighted by atomic mass is 10.5. The Morgan fingerprint density at radius 1 is 1.38 bits per heavy atom. The molecule has 0 aliphatic heterocycles. The van der Waals surface area contributed by atoms with Gasteiger partial charge in [0, 0.05) is 19.3 Å². The summed E-state index contributed by atoms with van der Waals surface area (Å²) in [5, 5.41) is 6.99. The molecule has 7 nitrogen and oxygen atoms in total. The van der Waals surface area contributed by atoms with Crippen molar-refractivity contribution in [3.8, 4) is 6.01 Å². The van der Waals surface area contributed by atoms with Crippen LogP contribution in [0.2, 0.25) is 0 Å². The zero-order valence-corrected chi connectivity index (χ0v) is 12.0. The molecule has 0 aromatic carbocycles. The summed E-state index contributed by atoms with van der Waals surface area (Å²) in [7, 11) is 0. The van der Waals surface area contributed by atoms with Gasteiger partial charge in [0.25, 0.3) is 0 Å². The first-order valence-corrected chi connectivity index (χ1v) is 6.72. The number of ether oxygens (including phenoxy) is 2. The lowest BCUT2D eigenvalue weighted by Gasteiger charge is -2.08. The lowest BCUT2D eigenvalue weighted by Crippen LogP contribution is -2.10. The lowest BCUT2D eigenvalue weighted by molar-refractivity contribution is 0.166. The third kappa shape index (κ3) is 4.38. The fourth-order valence-corrected chi connectivity index (χ4v) is 1.56. The van der Waals surface area contributed by atoms with Crippen LogP contribution < -0.4 is 10.1 Å². The third-order valence-corrected chi connectivity index (χ3v) is 2.64. The minimum Gasteiger partial charge on any atom is -0.457 e. The van der Waals surface area contributed by atoms with Crippen LogP contribution in [-0.2, 0) is 17.9 Å².